The molecule has 0 saturated carbocycles. The second kappa shape index (κ2) is 6.48. The van der Waals surface area contributed by atoms with E-state index in [-0.39, 0.29) is 12.5 Å². The fraction of sp³-hybridized carbons (Fsp3) is 0.588. The molecule has 1 aromatic carbocycles. The van der Waals surface area contributed by atoms with Crippen LogP contribution >= 0.6 is 0 Å². The van der Waals surface area contributed by atoms with E-state index in [0.29, 0.717) is 6.04 Å². The summed E-state index contributed by atoms with van der Waals surface area (Å²) >= 11 is 0. The smallest absolute Gasteiger partial charge is 0.320 e. The molecule has 0 aromatic heterocycles. The minimum atomic E-state index is -0.425. The zero-order valence-corrected chi connectivity index (χ0v) is 13.4. The van der Waals surface area contributed by atoms with Gasteiger partial charge in [-0.3, -0.25) is 4.79 Å². The van der Waals surface area contributed by atoms with Gasteiger partial charge in [-0.25, -0.2) is 0 Å². The normalized spacial score (nSPS) is 18.0. The topological polar surface area (TPSA) is 47.6 Å². The standard InChI is InChI=1S/C17H25NO3/c1-17(2,3)21-16(19)11-18-14-7-5-12-6-8-15(20-4)10-13(12)9-14/h6,8,10,14,18H,5,7,9,11H2,1-4H3. The number of nitrogens with one attached hydrogen (secondary N) is 1. The summed E-state index contributed by atoms with van der Waals surface area (Å²) < 4.78 is 10.6. The Morgan fingerprint density at radius 2 is 2.10 bits per heavy atom. The molecule has 2 rings (SSSR count). The second-order valence-corrected chi connectivity index (χ2v) is 6.54. The van der Waals surface area contributed by atoms with E-state index in [2.05, 4.69) is 17.4 Å². The van der Waals surface area contributed by atoms with E-state index in [4.69, 9.17) is 9.47 Å². The molecule has 4 nitrogen and oxygen atoms in total. The highest BCUT2D eigenvalue weighted by Gasteiger charge is 2.21. The first kappa shape index (κ1) is 15.8. The number of carbonyl (C=O) groups excluding carboxylic acids is 1. The van der Waals surface area contributed by atoms with Crippen LogP contribution in [0.1, 0.15) is 38.3 Å². The van der Waals surface area contributed by atoms with Crippen LogP contribution in [0.5, 0.6) is 5.75 Å². The van der Waals surface area contributed by atoms with Gasteiger partial charge >= 0.3 is 5.97 Å². The fourth-order valence-corrected chi connectivity index (χ4v) is 2.64. The molecule has 0 radical (unpaired) electrons. The predicted octanol–water partition coefficient (Wildman–Crippen LogP) is 2.48. The number of esters is 1. The van der Waals surface area contributed by atoms with E-state index in [1.54, 1.807) is 7.11 Å². The fourth-order valence-electron chi connectivity index (χ4n) is 2.64. The third kappa shape index (κ3) is 4.74. The first-order chi connectivity index (χ1) is 9.87. The molecule has 0 heterocycles. The summed E-state index contributed by atoms with van der Waals surface area (Å²) in [6.45, 7) is 5.91. The van der Waals surface area contributed by atoms with Crippen molar-refractivity contribution < 1.29 is 14.3 Å². The Kier molecular flexibility index (Phi) is 4.88. The Morgan fingerprint density at radius 3 is 2.76 bits per heavy atom. The average molecular weight is 291 g/mol. The van der Waals surface area contributed by atoms with E-state index in [9.17, 15) is 4.79 Å². The molecule has 21 heavy (non-hydrogen) atoms. The minimum Gasteiger partial charge on any atom is -0.497 e. The average Bonchev–Trinajstić information content (AvgIpc) is 2.42. The van der Waals surface area contributed by atoms with E-state index < -0.39 is 5.60 Å². The van der Waals surface area contributed by atoms with Crippen molar-refractivity contribution in [1.82, 2.24) is 5.32 Å². The Balaban J connectivity index is 1.88. The second-order valence-electron chi connectivity index (χ2n) is 6.54. The molecule has 0 saturated heterocycles. The van der Waals surface area contributed by atoms with Crippen molar-refractivity contribution in [2.45, 2.75) is 51.7 Å². The molecule has 0 amide bonds. The third-order valence-corrected chi connectivity index (χ3v) is 3.60. The van der Waals surface area contributed by atoms with E-state index in [0.717, 1.165) is 25.0 Å². The van der Waals surface area contributed by atoms with Crippen molar-refractivity contribution in [2.24, 2.45) is 0 Å². The molecule has 1 aromatic rings. The van der Waals surface area contributed by atoms with E-state index >= 15 is 0 Å². The highest BCUT2D eigenvalue weighted by atomic mass is 16.6. The molecule has 1 unspecified atom stereocenters. The lowest BCUT2D eigenvalue weighted by molar-refractivity contribution is -0.153. The highest BCUT2D eigenvalue weighted by molar-refractivity contribution is 5.72. The van der Waals surface area contributed by atoms with Gasteiger partial charge in [0.15, 0.2) is 0 Å². The maximum atomic E-state index is 11.7. The molecule has 1 N–H and O–H groups in total. The molecule has 4 heteroatoms. The maximum absolute atomic E-state index is 11.7. The van der Waals surface area contributed by atoms with Gasteiger partial charge in [0.1, 0.15) is 11.4 Å². The SMILES string of the molecule is COc1ccc2c(c1)CC(NCC(=O)OC(C)(C)C)CC2. The zero-order chi connectivity index (χ0) is 15.5. The first-order valence-corrected chi connectivity index (χ1v) is 7.48. The van der Waals surface area contributed by atoms with Gasteiger partial charge < -0.3 is 14.8 Å². The van der Waals surface area contributed by atoms with Gasteiger partial charge in [0.2, 0.25) is 0 Å². The third-order valence-electron chi connectivity index (χ3n) is 3.60. The molecular weight excluding hydrogens is 266 g/mol. The van der Waals surface area contributed by atoms with Crippen molar-refractivity contribution in [3.63, 3.8) is 0 Å². The van der Waals surface area contributed by atoms with Crippen LogP contribution in [0.15, 0.2) is 18.2 Å². The number of hydrogen-bond donors (Lipinski definition) is 1. The summed E-state index contributed by atoms with van der Waals surface area (Å²) in [5, 5.41) is 3.31. The molecule has 0 spiro atoms. The molecule has 1 atom stereocenters. The van der Waals surface area contributed by atoms with E-state index in [1.165, 1.54) is 11.1 Å². The molecular formula is C17H25NO3. The van der Waals surface area contributed by atoms with Crippen LogP contribution in [-0.2, 0) is 22.4 Å². The monoisotopic (exact) mass is 291 g/mol. The van der Waals surface area contributed by atoms with Crippen molar-refractivity contribution in [2.75, 3.05) is 13.7 Å². The molecule has 116 valence electrons. The highest BCUT2D eigenvalue weighted by Crippen LogP contribution is 2.25. The molecule has 0 bridgehead atoms. The Labute approximate surface area is 126 Å². The summed E-state index contributed by atoms with van der Waals surface area (Å²) in [7, 11) is 1.68. The lowest BCUT2D eigenvalue weighted by Gasteiger charge is -2.26. The number of benzene rings is 1. The minimum absolute atomic E-state index is 0.195. The lowest BCUT2D eigenvalue weighted by Crippen LogP contribution is -2.40. The first-order valence-electron chi connectivity index (χ1n) is 7.48. The molecule has 1 aliphatic carbocycles. The van der Waals surface area contributed by atoms with Crippen molar-refractivity contribution in [3.05, 3.63) is 29.3 Å². The summed E-state index contributed by atoms with van der Waals surface area (Å²) in [4.78, 5) is 11.7. The van der Waals surface area contributed by atoms with Crippen LogP contribution in [0.25, 0.3) is 0 Å². The Morgan fingerprint density at radius 1 is 1.33 bits per heavy atom. The lowest BCUT2D eigenvalue weighted by atomic mass is 9.88. The van der Waals surface area contributed by atoms with Gasteiger partial charge in [0, 0.05) is 6.04 Å². The molecule has 1 aliphatic rings. The Bertz CT molecular complexity index is 505. The predicted molar refractivity (Wildman–Crippen MR) is 82.7 cm³/mol. The van der Waals surface area contributed by atoms with Crippen LogP contribution in [0.2, 0.25) is 0 Å². The van der Waals surface area contributed by atoms with Gasteiger partial charge in [0.05, 0.1) is 13.7 Å². The summed E-state index contributed by atoms with van der Waals surface area (Å²) in [6, 6.07) is 6.56. The summed E-state index contributed by atoms with van der Waals surface area (Å²) in [6.07, 6.45) is 3.00. The van der Waals surface area contributed by atoms with Crippen molar-refractivity contribution >= 4 is 5.97 Å². The Hall–Kier alpha value is -1.55. The number of carbonyl (C=O) groups is 1. The number of ether oxygens (including phenoxy) is 2. The summed E-state index contributed by atoms with van der Waals surface area (Å²) in [5.74, 6) is 0.695. The number of hydrogen-bond acceptors (Lipinski definition) is 4. The van der Waals surface area contributed by atoms with Gasteiger partial charge in [-0.2, -0.15) is 0 Å². The van der Waals surface area contributed by atoms with Crippen LogP contribution in [0.4, 0.5) is 0 Å². The zero-order valence-electron chi connectivity index (χ0n) is 13.4. The van der Waals surface area contributed by atoms with Crippen molar-refractivity contribution in [3.8, 4) is 5.75 Å². The summed E-state index contributed by atoms with van der Waals surface area (Å²) in [5.41, 5.74) is 2.26. The number of fused-ring (bicyclic) bond motifs is 1. The largest absolute Gasteiger partial charge is 0.497 e. The van der Waals surface area contributed by atoms with Gasteiger partial charge in [-0.15, -0.1) is 0 Å². The van der Waals surface area contributed by atoms with E-state index in [1.807, 2.05) is 26.8 Å². The van der Waals surface area contributed by atoms with Crippen LogP contribution in [0, 0.1) is 0 Å². The van der Waals surface area contributed by atoms with Crippen LogP contribution in [0.3, 0.4) is 0 Å². The molecule has 0 fully saturated rings. The van der Waals surface area contributed by atoms with Gasteiger partial charge in [-0.1, -0.05) is 6.07 Å². The van der Waals surface area contributed by atoms with Gasteiger partial charge in [-0.05, 0) is 63.3 Å². The number of aryl methyl sites for hydroxylation is 1. The molecule has 0 aliphatic heterocycles. The van der Waals surface area contributed by atoms with Crippen LogP contribution in [-0.4, -0.2) is 31.3 Å². The number of methoxy groups -OCH3 is 1. The van der Waals surface area contributed by atoms with Crippen molar-refractivity contribution in [1.29, 1.82) is 0 Å². The maximum Gasteiger partial charge on any atom is 0.320 e. The quantitative estimate of drug-likeness (QED) is 0.866. The van der Waals surface area contributed by atoms with Gasteiger partial charge in [0.25, 0.3) is 0 Å². The number of rotatable bonds is 4. The van der Waals surface area contributed by atoms with Crippen LogP contribution < -0.4 is 10.1 Å².